The molecule has 0 aromatic carbocycles. The molecule has 1 saturated heterocycles. The van der Waals surface area contributed by atoms with Crippen LogP contribution in [0.25, 0.3) is 0 Å². The van der Waals surface area contributed by atoms with Gasteiger partial charge in [0.1, 0.15) is 6.10 Å². The average molecular weight is 202 g/mol. The molecule has 0 aliphatic carbocycles. The van der Waals surface area contributed by atoms with Crippen LogP contribution >= 0.6 is 0 Å². The van der Waals surface area contributed by atoms with Gasteiger partial charge in [0.05, 0.1) is 18.3 Å². The summed E-state index contributed by atoms with van der Waals surface area (Å²) in [5.74, 6) is 0. The summed E-state index contributed by atoms with van der Waals surface area (Å²) in [6, 6.07) is 0. The maximum atomic E-state index is 9.68. The van der Waals surface area contributed by atoms with Crippen molar-refractivity contribution in [1.29, 1.82) is 0 Å². The first-order chi connectivity index (χ1) is 6.69. The lowest BCUT2D eigenvalue weighted by Crippen LogP contribution is -2.48. The van der Waals surface area contributed by atoms with Gasteiger partial charge in [-0.25, -0.2) is 0 Å². The number of hydrogen-bond acceptors (Lipinski definition) is 3. The van der Waals surface area contributed by atoms with Gasteiger partial charge in [0, 0.05) is 6.42 Å². The summed E-state index contributed by atoms with van der Waals surface area (Å²) in [6.07, 6.45) is 3.10. The van der Waals surface area contributed by atoms with E-state index in [1.54, 1.807) is 0 Å². The Balaban J connectivity index is 2.47. The van der Waals surface area contributed by atoms with E-state index >= 15 is 0 Å². The third-order valence-electron chi connectivity index (χ3n) is 2.83. The monoisotopic (exact) mass is 202 g/mol. The Labute approximate surface area is 86.1 Å². The fourth-order valence-corrected chi connectivity index (χ4v) is 2.07. The molecule has 1 aliphatic rings. The van der Waals surface area contributed by atoms with Gasteiger partial charge < -0.3 is 14.9 Å². The molecular weight excluding hydrogens is 180 g/mol. The van der Waals surface area contributed by atoms with Crippen molar-refractivity contribution in [2.24, 2.45) is 0 Å². The summed E-state index contributed by atoms with van der Waals surface area (Å²) in [4.78, 5) is 0. The van der Waals surface area contributed by atoms with Crippen LogP contribution in [0.5, 0.6) is 0 Å². The minimum absolute atomic E-state index is 0.134. The molecule has 84 valence electrons. The lowest BCUT2D eigenvalue weighted by atomic mass is 9.93. The standard InChI is InChI=1S/C11H22O3/c1-3-5-8-7-9(12)11(13)10(14-8)6-4-2/h8-13H,3-7H2,1-2H3/t8-,9+,10+,11+/m0/s1. The quantitative estimate of drug-likeness (QED) is 0.725. The van der Waals surface area contributed by atoms with Crippen molar-refractivity contribution in [3.63, 3.8) is 0 Å². The zero-order valence-corrected chi connectivity index (χ0v) is 9.15. The summed E-state index contributed by atoms with van der Waals surface area (Å²) in [6.45, 7) is 4.17. The van der Waals surface area contributed by atoms with Crippen LogP contribution < -0.4 is 0 Å². The van der Waals surface area contributed by atoms with Gasteiger partial charge in [0.15, 0.2) is 0 Å². The van der Waals surface area contributed by atoms with Gasteiger partial charge in [0.25, 0.3) is 0 Å². The maximum Gasteiger partial charge on any atom is 0.106 e. The molecule has 0 bridgehead atoms. The molecule has 0 aromatic heterocycles. The van der Waals surface area contributed by atoms with Gasteiger partial charge >= 0.3 is 0 Å². The number of rotatable bonds is 4. The van der Waals surface area contributed by atoms with Gasteiger partial charge in [-0.2, -0.15) is 0 Å². The molecular formula is C11H22O3. The highest BCUT2D eigenvalue weighted by atomic mass is 16.5. The van der Waals surface area contributed by atoms with E-state index in [4.69, 9.17) is 4.74 Å². The van der Waals surface area contributed by atoms with Crippen LogP contribution in [-0.2, 0) is 4.74 Å². The van der Waals surface area contributed by atoms with Crippen LogP contribution in [0.2, 0.25) is 0 Å². The third-order valence-corrected chi connectivity index (χ3v) is 2.83. The zero-order valence-electron chi connectivity index (χ0n) is 9.15. The summed E-state index contributed by atoms with van der Waals surface area (Å²) in [7, 11) is 0. The molecule has 14 heavy (non-hydrogen) atoms. The summed E-state index contributed by atoms with van der Waals surface area (Å²) in [5, 5.41) is 19.3. The highest BCUT2D eigenvalue weighted by Gasteiger charge is 2.35. The van der Waals surface area contributed by atoms with E-state index in [1.165, 1.54) is 0 Å². The molecule has 0 aromatic rings. The first-order valence-electron chi connectivity index (χ1n) is 5.70. The van der Waals surface area contributed by atoms with Crippen LogP contribution in [0.1, 0.15) is 46.0 Å². The minimum Gasteiger partial charge on any atom is -0.390 e. The first-order valence-corrected chi connectivity index (χ1v) is 5.70. The van der Waals surface area contributed by atoms with Crippen LogP contribution in [0, 0.1) is 0 Å². The van der Waals surface area contributed by atoms with Crippen molar-refractivity contribution in [3.8, 4) is 0 Å². The predicted molar refractivity (Wildman–Crippen MR) is 55.1 cm³/mol. The van der Waals surface area contributed by atoms with Crippen LogP contribution in [0.4, 0.5) is 0 Å². The number of aliphatic hydroxyl groups excluding tert-OH is 2. The van der Waals surface area contributed by atoms with Crippen molar-refractivity contribution in [2.75, 3.05) is 0 Å². The van der Waals surface area contributed by atoms with E-state index in [1.807, 2.05) is 0 Å². The van der Waals surface area contributed by atoms with Crippen LogP contribution in [0.3, 0.4) is 0 Å². The Hall–Kier alpha value is -0.120. The third kappa shape index (κ3) is 2.94. The van der Waals surface area contributed by atoms with E-state index in [2.05, 4.69) is 13.8 Å². The largest absolute Gasteiger partial charge is 0.390 e. The molecule has 1 fully saturated rings. The second-order valence-corrected chi connectivity index (χ2v) is 4.17. The Morgan fingerprint density at radius 3 is 2.36 bits per heavy atom. The highest BCUT2D eigenvalue weighted by molar-refractivity contribution is 4.84. The fraction of sp³-hybridized carbons (Fsp3) is 1.00. The van der Waals surface area contributed by atoms with E-state index in [9.17, 15) is 10.2 Å². The Morgan fingerprint density at radius 2 is 1.79 bits per heavy atom. The molecule has 3 heteroatoms. The van der Waals surface area contributed by atoms with Gasteiger partial charge in [-0.15, -0.1) is 0 Å². The molecule has 1 rings (SSSR count). The molecule has 2 N–H and O–H groups in total. The SMILES string of the molecule is CCC[C@H]1C[C@@H](O)[C@@H](O)[C@@H](CCC)O1. The van der Waals surface area contributed by atoms with Crippen LogP contribution in [-0.4, -0.2) is 34.6 Å². The second kappa shape index (κ2) is 5.69. The number of ether oxygens (including phenoxy) is 1. The summed E-state index contributed by atoms with van der Waals surface area (Å²) in [5.41, 5.74) is 0. The molecule has 3 nitrogen and oxygen atoms in total. The molecule has 4 atom stereocenters. The van der Waals surface area contributed by atoms with Crippen molar-refractivity contribution < 1.29 is 14.9 Å². The number of aliphatic hydroxyl groups is 2. The van der Waals surface area contributed by atoms with Crippen molar-refractivity contribution in [3.05, 3.63) is 0 Å². The number of hydrogen-bond donors (Lipinski definition) is 2. The molecule has 0 amide bonds. The predicted octanol–water partition coefficient (Wildman–Crippen LogP) is 1.47. The van der Waals surface area contributed by atoms with Gasteiger partial charge in [-0.3, -0.25) is 0 Å². The summed E-state index contributed by atoms with van der Waals surface area (Å²) < 4.78 is 5.74. The summed E-state index contributed by atoms with van der Waals surface area (Å²) >= 11 is 0. The zero-order chi connectivity index (χ0) is 10.6. The van der Waals surface area contributed by atoms with Crippen LogP contribution in [0.15, 0.2) is 0 Å². The molecule has 0 unspecified atom stereocenters. The fourth-order valence-electron chi connectivity index (χ4n) is 2.07. The van der Waals surface area contributed by atoms with Gasteiger partial charge in [0.2, 0.25) is 0 Å². The minimum atomic E-state index is -0.692. The highest BCUT2D eigenvalue weighted by Crippen LogP contribution is 2.25. The average Bonchev–Trinajstić information content (AvgIpc) is 2.14. The topological polar surface area (TPSA) is 49.7 Å². The second-order valence-electron chi connectivity index (χ2n) is 4.17. The Morgan fingerprint density at radius 1 is 1.14 bits per heavy atom. The molecule has 0 radical (unpaired) electrons. The van der Waals surface area contributed by atoms with E-state index < -0.39 is 12.2 Å². The maximum absolute atomic E-state index is 9.68. The lowest BCUT2D eigenvalue weighted by Gasteiger charge is -2.37. The molecule has 1 heterocycles. The van der Waals surface area contributed by atoms with Crippen molar-refractivity contribution >= 4 is 0 Å². The normalized spacial score (nSPS) is 38.6. The van der Waals surface area contributed by atoms with E-state index in [0.29, 0.717) is 6.42 Å². The van der Waals surface area contributed by atoms with Gasteiger partial charge in [-0.05, 0) is 12.8 Å². The van der Waals surface area contributed by atoms with E-state index in [-0.39, 0.29) is 12.2 Å². The molecule has 0 saturated carbocycles. The van der Waals surface area contributed by atoms with E-state index in [0.717, 1.165) is 25.7 Å². The van der Waals surface area contributed by atoms with Crippen molar-refractivity contribution in [1.82, 2.24) is 0 Å². The lowest BCUT2D eigenvalue weighted by molar-refractivity contribution is -0.171. The Bertz CT molecular complexity index is 161. The molecule has 1 aliphatic heterocycles. The van der Waals surface area contributed by atoms with Gasteiger partial charge in [-0.1, -0.05) is 26.7 Å². The Kier molecular flexibility index (Phi) is 4.85. The first kappa shape index (κ1) is 12.0. The van der Waals surface area contributed by atoms with Crippen molar-refractivity contribution in [2.45, 2.75) is 70.4 Å². The molecule has 0 spiro atoms. The smallest absolute Gasteiger partial charge is 0.106 e.